The number of halogens is 1. The number of likely N-dealkylation sites (N-methyl/N-ethyl adjacent to an activating group) is 1. The number of nitrogens with zero attached hydrogens (tertiary/aromatic N) is 4. The fourth-order valence-electron chi connectivity index (χ4n) is 3.77. The Morgan fingerprint density at radius 1 is 1.25 bits per heavy atom. The molecule has 4 aromatic rings. The number of aryl methyl sites for hydroxylation is 1. The van der Waals surface area contributed by atoms with Gasteiger partial charge in [-0.05, 0) is 31.1 Å². The van der Waals surface area contributed by atoms with Crippen molar-refractivity contribution in [2.45, 2.75) is 13.2 Å². The first kappa shape index (κ1) is 22.1. The van der Waals surface area contributed by atoms with E-state index in [4.69, 9.17) is 11.6 Å². The average Bonchev–Trinajstić information content (AvgIpc) is 3.07. The van der Waals surface area contributed by atoms with E-state index in [1.807, 2.05) is 31.3 Å². The molecule has 0 aliphatic carbocycles. The molecular weight excluding hydrogens is 429 g/mol. The number of hydrogen-bond acceptors (Lipinski definition) is 5. The van der Waals surface area contributed by atoms with Crippen molar-refractivity contribution in [3.63, 3.8) is 0 Å². The van der Waals surface area contributed by atoms with Crippen LogP contribution in [0.25, 0.3) is 27.5 Å². The molecule has 164 valence electrons. The van der Waals surface area contributed by atoms with Crippen LogP contribution in [0.1, 0.15) is 5.69 Å². The predicted molar refractivity (Wildman–Crippen MR) is 127 cm³/mol. The zero-order chi connectivity index (χ0) is 23.0. The Kier molecular flexibility index (Phi) is 6.05. The third-order valence-electron chi connectivity index (χ3n) is 5.44. The highest BCUT2D eigenvalue weighted by Crippen LogP contribution is 2.30. The highest BCUT2D eigenvalue weighted by molar-refractivity contribution is 6.45. The van der Waals surface area contributed by atoms with Crippen molar-refractivity contribution in [1.29, 1.82) is 0 Å². The molecule has 0 aliphatic heterocycles. The van der Waals surface area contributed by atoms with Gasteiger partial charge in [0.15, 0.2) is 0 Å². The fourth-order valence-corrected chi connectivity index (χ4v) is 3.94. The molecule has 0 bridgehead atoms. The van der Waals surface area contributed by atoms with Gasteiger partial charge in [0.1, 0.15) is 5.52 Å². The van der Waals surface area contributed by atoms with Crippen LogP contribution < -0.4 is 10.8 Å². The minimum Gasteiger partial charge on any atom is -0.437 e. The van der Waals surface area contributed by atoms with E-state index in [1.54, 1.807) is 42.7 Å². The Labute approximate surface area is 190 Å². The zero-order valence-electron chi connectivity index (χ0n) is 18.0. The Balaban J connectivity index is 1.93. The van der Waals surface area contributed by atoms with Crippen LogP contribution >= 0.6 is 11.6 Å². The second-order valence-electron chi connectivity index (χ2n) is 7.75. The van der Waals surface area contributed by atoms with Gasteiger partial charge in [-0.3, -0.25) is 9.59 Å². The number of benzene rings is 2. The number of hydrogen-bond donors (Lipinski definition) is 2. The predicted octanol–water partition coefficient (Wildman–Crippen LogP) is 2.19. The quantitative estimate of drug-likeness (QED) is 0.346. The lowest BCUT2D eigenvalue weighted by Crippen LogP contribution is -2.42. The average molecular weight is 452 g/mol. The van der Waals surface area contributed by atoms with Gasteiger partial charge in [-0.1, -0.05) is 35.9 Å². The molecular formula is C22H23BClN5O3. The Morgan fingerprint density at radius 2 is 1.97 bits per heavy atom. The third kappa shape index (κ3) is 4.02. The van der Waals surface area contributed by atoms with Crippen LogP contribution in [0, 0.1) is 0 Å². The summed E-state index contributed by atoms with van der Waals surface area (Å²) in [5.74, 6) is -0.198. The summed E-state index contributed by atoms with van der Waals surface area (Å²) in [6.45, 7) is 1.77. The summed E-state index contributed by atoms with van der Waals surface area (Å²) in [6, 6.07) is 14.5. The van der Waals surface area contributed by atoms with E-state index in [-0.39, 0.29) is 24.6 Å². The molecule has 2 heterocycles. The molecule has 2 aromatic heterocycles. The van der Waals surface area contributed by atoms with Gasteiger partial charge in [0.05, 0.1) is 30.0 Å². The van der Waals surface area contributed by atoms with E-state index in [1.165, 1.54) is 9.58 Å². The SMILES string of the molecule is CB(O)NCN(C)C(=O)Cc1nn(-c2ccccc2)c(=O)c2c1c1ccc(Cl)cc1n2C. The van der Waals surface area contributed by atoms with Gasteiger partial charge in [0.25, 0.3) is 5.56 Å². The minimum atomic E-state index is -0.738. The molecule has 4 rings (SSSR count). The van der Waals surface area contributed by atoms with Crippen molar-refractivity contribution in [2.24, 2.45) is 7.05 Å². The van der Waals surface area contributed by atoms with Gasteiger partial charge in [-0.2, -0.15) is 9.78 Å². The Hall–Kier alpha value is -3.14. The van der Waals surface area contributed by atoms with Gasteiger partial charge in [0.2, 0.25) is 5.91 Å². The van der Waals surface area contributed by atoms with Crippen molar-refractivity contribution >= 4 is 46.4 Å². The smallest absolute Gasteiger partial charge is 0.375 e. The first-order valence-electron chi connectivity index (χ1n) is 10.2. The zero-order valence-corrected chi connectivity index (χ0v) is 18.8. The highest BCUT2D eigenvalue weighted by atomic mass is 35.5. The number of carbonyl (C=O) groups is 1. The lowest BCUT2D eigenvalue weighted by Gasteiger charge is -2.18. The number of rotatable bonds is 6. The van der Waals surface area contributed by atoms with Crippen LogP contribution in [0.2, 0.25) is 11.8 Å². The molecule has 0 saturated carbocycles. The second-order valence-corrected chi connectivity index (χ2v) is 8.19. The molecule has 32 heavy (non-hydrogen) atoms. The fraction of sp³-hybridized carbons (Fsp3) is 0.227. The van der Waals surface area contributed by atoms with Crippen LogP contribution in [0.3, 0.4) is 0 Å². The summed E-state index contributed by atoms with van der Waals surface area (Å²) < 4.78 is 3.13. The van der Waals surface area contributed by atoms with Crippen molar-refractivity contribution in [3.8, 4) is 5.69 Å². The van der Waals surface area contributed by atoms with Crippen molar-refractivity contribution in [3.05, 3.63) is 69.6 Å². The topological polar surface area (TPSA) is 92.4 Å². The number of nitrogens with one attached hydrogen (secondary N) is 1. The van der Waals surface area contributed by atoms with Crippen LogP contribution in [-0.2, 0) is 18.3 Å². The number of carbonyl (C=O) groups excluding carboxylic acids is 1. The summed E-state index contributed by atoms with van der Waals surface area (Å²) in [7, 11) is 2.71. The third-order valence-corrected chi connectivity index (χ3v) is 5.67. The maximum absolute atomic E-state index is 13.5. The van der Waals surface area contributed by atoms with Crippen LogP contribution in [0.15, 0.2) is 53.3 Å². The summed E-state index contributed by atoms with van der Waals surface area (Å²) in [4.78, 5) is 27.9. The minimum absolute atomic E-state index is 0.0106. The van der Waals surface area contributed by atoms with Crippen LogP contribution in [-0.4, -0.2) is 50.9 Å². The van der Waals surface area contributed by atoms with Crippen molar-refractivity contribution < 1.29 is 9.82 Å². The molecule has 0 atom stereocenters. The molecule has 8 nitrogen and oxygen atoms in total. The van der Waals surface area contributed by atoms with E-state index < -0.39 is 7.05 Å². The molecule has 1 amide bonds. The van der Waals surface area contributed by atoms with E-state index in [9.17, 15) is 14.6 Å². The summed E-state index contributed by atoms with van der Waals surface area (Å²) in [5.41, 5.74) is 2.07. The molecule has 0 radical (unpaired) electrons. The standard InChI is InChI=1S/C22H23BClN5O3/c1-23(32)25-13-27(2)19(30)12-17-20-16-10-9-14(24)11-18(16)28(3)21(20)22(31)29(26-17)15-7-5-4-6-8-15/h4-11,25,32H,12-13H2,1-3H3. The Morgan fingerprint density at radius 3 is 2.66 bits per heavy atom. The van der Waals surface area contributed by atoms with Gasteiger partial charge in [-0.15, -0.1) is 0 Å². The van der Waals surface area contributed by atoms with Crippen molar-refractivity contribution in [1.82, 2.24) is 24.5 Å². The summed E-state index contributed by atoms with van der Waals surface area (Å²) in [5, 5.41) is 18.9. The molecule has 2 N–H and O–H groups in total. The van der Waals surface area contributed by atoms with E-state index >= 15 is 0 Å². The number of amides is 1. The highest BCUT2D eigenvalue weighted by Gasteiger charge is 2.22. The Bertz CT molecular complexity index is 1370. The summed E-state index contributed by atoms with van der Waals surface area (Å²) in [6.07, 6.45) is -0.0106. The lowest BCUT2D eigenvalue weighted by atomic mass is 9.89. The maximum atomic E-state index is 13.5. The molecule has 0 spiro atoms. The number of para-hydroxylation sites is 1. The second kappa shape index (κ2) is 8.78. The monoisotopic (exact) mass is 451 g/mol. The summed E-state index contributed by atoms with van der Waals surface area (Å²) >= 11 is 6.21. The van der Waals surface area contributed by atoms with Crippen LogP contribution in [0.4, 0.5) is 0 Å². The van der Waals surface area contributed by atoms with Gasteiger partial charge in [-0.25, -0.2) is 0 Å². The van der Waals surface area contributed by atoms with Gasteiger partial charge < -0.3 is 19.7 Å². The largest absolute Gasteiger partial charge is 0.437 e. The molecule has 2 aromatic carbocycles. The van der Waals surface area contributed by atoms with E-state index in [0.29, 0.717) is 27.3 Å². The first-order chi connectivity index (χ1) is 15.3. The normalized spacial score (nSPS) is 11.3. The van der Waals surface area contributed by atoms with E-state index in [0.717, 1.165) is 10.9 Å². The molecule has 0 aliphatic rings. The number of fused-ring (bicyclic) bond motifs is 3. The molecule has 0 unspecified atom stereocenters. The lowest BCUT2D eigenvalue weighted by molar-refractivity contribution is -0.129. The van der Waals surface area contributed by atoms with E-state index in [2.05, 4.69) is 10.3 Å². The molecule has 10 heteroatoms. The van der Waals surface area contributed by atoms with Crippen LogP contribution in [0.5, 0.6) is 0 Å². The van der Waals surface area contributed by atoms with Crippen molar-refractivity contribution in [2.75, 3.05) is 13.7 Å². The molecule has 0 fully saturated rings. The maximum Gasteiger partial charge on any atom is 0.375 e. The first-order valence-corrected chi connectivity index (χ1v) is 10.6. The van der Waals surface area contributed by atoms with Gasteiger partial charge >= 0.3 is 7.05 Å². The van der Waals surface area contributed by atoms with Gasteiger partial charge in [0, 0.05) is 29.9 Å². The number of aromatic nitrogens is 3. The molecule has 0 saturated heterocycles.